The van der Waals surface area contributed by atoms with Gasteiger partial charge in [-0.05, 0) is 56.2 Å². The van der Waals surface area contributed by atoms with Gasteiger partial charge in [-0.3, -0.25) is 19.8 Å². The summed E-state index contributed by atoms with van der Waals surface area (Å²) in [4.78, 5) is 37.3. The van der Waals surface area contributed by atoms with Gasteiger partial charge in [-0.2, -0.15) is 0 Å². The Morgan fingerprint density at radius 2 is 1.01 bits per heavy atom. The summed E-state index contributed by atoms with van der Waals surface area (Å²) in [6, 6.07) is 16.6. The van der Waals surface area contributed by atoms with E-state index in [-0.39, 0.29) is 12.1 Å². The van der Waals surface area contributed by atoms with E-state index in [1.165, 1.54) is 7.05 Å². The minimum atomic E-state index is -0.362. The van der Waals surface area contributed by atoms with Gasteiger partial charge >= 0.3 is 12.1 Å². The molecule has 0 bridgehead atoms. The fourth-order valence-electron chi connectivity index (χ4n) is 8.61. The molecule has 398 valence electrons. The quantitative estimate of drug-likeness (QED) is 0.0629. The Labute approximate surface area is 444 Å². The van der Waals surface area contributed by atoms with Crippen molar-refractivity contribution in [3.05, 3.63) is 83.1 Å². The summed E-state index contributed by atoms with van der Waals surface area (Å²) < 4.78 is 59.5. The van der Waals surface area contributed by atoms with Crippen molar-refractivity contribution >= 4 is 68.4 Å². The van der Waals surface area contributed by atoms with E-state index in [2.05, 4.69) is 41.0 Å². The number of aromatic nitrogens is 2. The molecule has 4 N–H and O–H groups in total. The van der Waals surface area contributed by atoms with E-state index in [1.54, 1.807) is 60.9 Å². The molecule has 4 aromatic carbocycles. The first-order chi connectivity index (χ1) is 36.7. The van der Waals surface area contributed by atoms with Crippen LogP contribution in [0.25, 0.3) is 21.8 Å². The van der Waals surface area contributed by atoms with Crippen LogP contribution in [0.3, 0.4) is 0 Å². The second-order valence-electron chi connectivity index (χ2n) is 17.4. The van der Waals surface area contributed by atoms with Crippen LogP contribution in [0, 0.1) is 0 Å². The molecule has 6 aromatic rings. The second kappa shape index (κ2) is 26.0. The minimum Gasteiger partial charge on any atom is -0.489 e. The summed E-state index contributed by atoms with van der Waals surface area (Å²) in [6.07, 6.45) is 5.10. The fourth-order valence-corrected chi connectivity index (χ4v) is 9.05. The lowest BCUT2D eigenvalue weighted by molar-refractivity contribution is 0.0356. The van der Waals surface area contributed by atoms with E-state index in [4.69, 9.17) is 70.6 Å². The molecule has 0 aliphatic carbocycles. The number of hydrogen-bond acceptors (Lipinski definition) is 16. The van der Waals surface area contributed by atoms with Crippen molar-refractivity contribution < 1.29 is 57.0 Å². The van der Waals surface area contributed by atoms with Crippen LogP contribution in [0.1, 0.15) is 19.8 Å². The topological polar surface area (TPSA) is 207 Å². The molecule has 0 unspecified atom stereocenters. The number of anilines is 2. The number of urea groups is 2. The Bertz CT molecular complexity index is 2940. The van der Waals surface area contributed by atoms with Crippen molar-refractivity contribution in [2.75, 3.05) is 130 Å². The van der Waals surface area contributed by atoms with Crippen LogP contribution in [-0.4, -0.2) is 151 Å². The average Bonchev–Trinajstić information content (AvgIpc) is 3.43. The van der Waals surface area contributed by atoms with Crippen molar-refractivity contribution in [3.63, 3.8) is 0 Å². The highest BCUT2D eigenvalue weighted by Gasteiger charge is 2.27. The summed E-state index contributed by atoms with van der Waals surface area (Å²) in [5, 5.41) is 12.6. The molecule has 4 aliphatic rings. The van der Waals surface area contributed by atoms with E-state index in [1.807, 2.05) is 19.1 Å². The van der Waals surface area contributed by atoms with E-state index < -0.39 is 0 Å². The van der Waals surface area contributed by atoms with Crippen LogP contribution in [0.4, 0.5) is 21.0 Å². The molecule has 20 nitrogen and oxygen atoms in total. The Hall–Kier alpha value is -6.94. The number of carbonyl (C=O) groups is 2. The van der Waals surface area contributed by atoms with Gasteiger partial charge < -0.3 is 68.6 Å². The van der Waals surface area contributed by atoms with E-state index in [0.29, 0.717) is 147 Å². The highest BCUT2D eigenvalue weighted by molar-refractivity contribution is 6.34. The predicted octanol–water partition coefficient (Wildman–Crippen LogP) is 9.00. The van der Waals surface area contributed by atoms with Gasteiger partial charge in [0.25, 0.3) is 0 Å². The minimum absolute atomic E-state index is 0.328. The maximum Gasteiger partial charge on any atom is 0.319 e. The zero-order valence-electron chi connectivity index (χ0n) is 41.8. The van der Waals surface area contributed by atoms with Crippen LogP contribution in [0.2, 0.25) is 10.0 Å². The van der Waals surface area contributed by atoms with E-state index in [9.17, 15) is 9.59 Å². The lowest BCUT2D eigenvalue weighted by Crippen LogP contribution is -2.37. The summed E-state index contributed by atoms with van der Waals surface area (Å²) in [5.74, 6) is 5.44. The Kier molecular flexibility index (Phi) is 18.4. The monoisotopic (exact) mass is 1070 g/mol. The van der Waals surface area contributed by atoms with Crippen molar-refractivity contribution in [3.8, 4) is 57.5 Å². The van der Waals surface area contributed by atoms with Gasteiger partial charge in [0.1, 0.15) is 49.4 Å². The summed E-state index contributed by atoms with van der Waals surface area (Å²) in [7, 11) is 1.53. The number of halogens is 2. The molecule has 0 radical (unpaired) electrons. The number of rotatable bonds is 17. The van der Waals surface area contributed by atoms with Gasteiger partial charge in [0.2, 0.25) is 11.5 Å². The third-order valence-electron chi connectivity index (χ3n) is 12.2. The maximum atomic E-state index is 11.8. The standard InChI is InChI=1S/C27H31ClN4O6.C26H29ClN4O6/c1-2-29-27(33)31-20-5-4-18(16-19(20)28)38-22-6-7-30-21-17-23(25-26(24(21)22)37-15-14-36-25)35-11-3-8-32-9-12-34-13-10-32;1-28-26(32)30-19-4-3-17(15-18(19)27)37-21-5-6-29-20-16-22(24-25(23(20)21)36-14-13-35-24)34-10-2-7-31-8-11-33-12-9-31/h4-7,16-17H,2-3,8-15H2,1H3,(H2,29,31,33);3-6,15-16H,2,7-14H2,1H3,(H2,28,30,32). The molecule has 22 heteroatoms. The van der Waals surface area contributed by atoms with Gasteiger partial charge in [0.05, 0.1) is 82.9 Å². The predicted molar refractivity (Wildman–Crippen MR) is 284 cm³/mol. The largest absolute Gasteiger partial charge is 0.489 e. The number of nitrogens with one attached hydrogen (secondary N) is 4. The molecule has 10 rings (SSSR count). The molecule has 0 saturated carbocycles. The molecule has 0 atom stereocenters. The number of hydrogen-bond donors (Lipinski definition) is 4. The first-order valence-electron chi connectivity index (χ1n) is 25.0. The number of nitrogens with zero attached hydrogens (tertiary/aromatic N) is 4. The Morgan fingerprint density at radius 1 is 0.573 bits per heavy atom. The first kappa shape index (κ1) is 52.9. The van der Waals surface area contributed by atoms with Crippen LogP contribution in [0.15, 0.2) is 73.1 Å². The van der Waals surface area contributed by atoms with Crippen molar-refractivity contribution in [1.29, 1.82) is 0 Å². The normalized spacial score (nSPS) is 15.3. The lowest BCUT2D eigenvalue weighted by atomic mass is 10.1. The molecule has 4 aliphatic heterocycles. The zero-order chi connectivity index (χ0) is 51.9. The SMILES string of the molecule is CCNC(=O)Nc1ccc(Oc2ccnc3cc(OCCCN4CCOCC4)c4c(c23)OCCO4)cc1Cl.CNC(=O)Nc1ccc(Oc2ccnc3cc(OCCCN4CCOCC4)c4c(c23)OCCO4)cc1Cl. The summed E-state index contributed by atoms with van der Waals surface area (Å²) >= 11 is 12.8. The van der Waals surface area contributed by atoms with Crippen molar-refractivity contribution in [2.45, 2.75) is 19.8 Å². The highest BCUT2D eigenvalue weighted by atomic mass is 35.5. The summed E-state index contributed by atoms with van der Waals surface area (Å²) in [5.41, 5.74) is 2.27. The van der Waals surface area contributed by atoms with Crippen molar-refractivity contribution in [1.82, 2.24) is 30.4 Å². The van der Waals surface area contributed by atoms with E-state index >= 15 is 0 Å². The Balaban J connectivity index is 0.000000184. The molecular weight excluding hydrogens is 1010 g/mol. The third kappa shape index (κ3) is 13.7. The first-order valence-corrected chi connectivity index (χ1v) is 25.8. The van der Waals surface area contributed by atoms with Crippen LogP contribution < -0.4 is 59.2 Å². The number of carbonyl (C=O) groups excluding carboxylic acids is 2. The molecule has 2 fully saturated rings. The van der Waals surface area contributed by atoms with E-state index in [0.717, 1.165) is 78.5 Å². The summed E-state index contributed by atoms with van der Waals surface area (Å²) in [6.45, 7) is 13.9. The molecule has 2 aromatic heterocycles. The highest BCUT2D eigenvalue weighted by Crippen LogP contribution is 2.50. The fraction of sp³-hybridized carbons (Fsp3) is 0.396. The molecule has 6 heterocycles. The molecule has 75 heavy (non-hydrogen) atoms. The van der Waals surface area contributed by atoms with Crippen molar-refractivity contribution in [2.24, 2.45) is 0 Å². The van der Waals surface area contributed by atoms with Crippen LogP contribution in [-0.2, 0) is 9.47 Å². The smallest absolute Gasteiger partial charge is 0.319 e. The lowest BCUT2D eigenvalue weighted by Gasteiger charge is -2.26. The van der Waals surface area contributed by atoms with Gasteiger partial charge in [-0.25, -0.2) is 9.59 Å². The number of pyridine rings is 2. The van der Waals surface area contributed by atoms with Crippen LogP contribution >= 0.6 is 23.2 Å². The maximum absolute atomic E-state index is 11.8. The number of morpholine rings is 2. The third-order valence-corrected chi connectivity index (χ3v) is 12.9. The average molecular weight is 1070 g/mol. The molecule has 2 saturated heterocycles. The number of benzene rings is 4. The number of fused-ring (bicyclic) bond motifs is 6. The number of ether oxygens (including phenoxy) is 10. The zero-order valence-corrected chi connectivity index (χ0v) is 43.3. The molecular formula is C53H60Cl2N8O12. The van der Waals surface area contributed by atoms with Gasteiger partial charge in [-0.15, -0.1) is 0 Å². The van der Waals surface area contributed by atoms with Crippen LogP contribution in [0.5, 0.6) is 57.5 Å². The second-order valence-corrected chi connectivity index (χ2v) is 18.2. The van der Waals surface area contributed by atoms with Gasteiger partial charge in [0, 0.05) is 89.5 Å². The Morgan fingerprint density at radius 3 is 1.44 bits per heavy atom. The molecule has 4 amide bonds. The van der Waals surface area contributed by atoms with Gasteiger partial charge in [0.15, 0.2) is 23.0 Å². The molecule has 0 spiro atoms. The van der Waals surface area contributed by atoms with Gasteiger partial charge in [-0.1, -0.05) is 23.2 Å². The number of amides is 4.